The second-order valence-corrected chi connectivity index (χ2v) is 4.11. The summed E-state index contributed by atoms with van der Waals surface area (Å²) in [5.74, 6) is 4.96. The van der Waals surface area contributed by atoms with Crippen LogP contribution in [0.1, 0.15) is 33.1 Å². The summed E-state index contributed by atoms with van der Waals surface area (Å²) in [6.07, 6.45) is 1.77. The van der Waals surface area contributed by atoms with Crippen molar-refractivity contribution >= 4 is 5.91 Å². The van der Waals surface area contributed by atoms with Crippen LogP contribution in [0.4, 0.5) is 0 Å². The first kappa shape index (κ1) is 11.6. The SMILES string of the molecule is CC1(C)CCNN1C(=O)CCC#CC#N. The predicted octanol–water partition coefficient (Wildman–Crippen LogP) is 0.809. The fourth-order valence-corrected chi connectivity index (χ4v) is 1.61. The Labute approximate surface area is 90.2 Å². The zero-order valence-electron chi connectivity index (χ0n) is 9.13. The molecule has 0 atom stereocenters. The van der Waals surface area contributed by atoms with Crippen molar-refractivity contribution in [1.82, 2.24) is 10.4 Å². The minimum Gasteiger partial charge on any atom is -0.273 e. The van der Waals surface area contributed by atoms with Crippen LogP contribution in [0.2, 0.25) is 0 Å². The van der Waals surface area contributed by atoms with Gasteiger partial charge < -0.3 is 0 Å². The summed E-state index contributed by atoms with van der Waals surface area (Å²) in [5, 5.41) is 9.88. The van der Waals surface area contributed by atoms with Crippen LogP contribution in [-0.2, 0) is 4.79 Å². The van der Waals surface area contributed by atoms with Gasteiger partial charge >= 0.3 is 0 Å². The first-order chi connectivity index (χ1) is 7.08. The number of nitrogens with one attached hydrogen (secondary N) is 1. The van der Waals surface area contributed by atoms with Gasteiger partial charge in [0.2, 0.25) is 5.91 Å². The lowest BCUT2D eigenvalue weighted by Crippen LogP contribution is -2.47. The molecule has 0 aliphatic carbocycles. The number of nitrogens with zero attached hydrogens (tertiary/aromatic N) is 2. The molecule has 1 saturated heterocycles. The van der Waals surface area contributed by atoms with Crippen molar-refractivity contribution in [3.8, 4) is 17.9 Å². The molecule has 1 fully saturated rings. The highest BCUT2D eigenvalue weighted by molar-refractivity contribution is 5.77. The third-order valence-electron chi connectivity index (χ3n) is 2.47. The van der Waals surface area contributed by atoms with Gasteiger partial charge in [0.05, 0.1) is 5.54 Å². The molecule has 0 bridgehead atoms. The van der Waals surface area contributed by atoms with E-state index in [2.05, 4.69) is 17.3 Å². The van der Waals surface area contributed by atoms with Gasteiger partial charge in [-0.25, -0.2) is 5.43 Å². The maximum atomic E-state index is 11.7. The summed E-state index contributed by atoms with van der Waals surface area (Å²) in [6.45, 7) is 4.90. The number of hydrogen-bond acceptors (Lipinski definition) is 3. The summed E-state index contributed by atoms with van der Waals surface area (Å²) >= 11 is 0. The van der Waals surface area contributed by atoms with E-state index in [0.717, 1.165) is 13.0 Å². The van der Waals surface area contributed by atoms with Gasteiger partial charge in [-0.2, -0.15) is 5.26 Å². The van der Waals surface area contributed by atoms with Crippen LogP contribution in [0, 0.1) is 23.2 Å². The molecule has 4 heteroatoms. The predicted molar refractivity (Wildman–Crippen MR) is 56.2 cm³/mol. The Balaban J connectivity index is 2.44. The molecule has 0 spiro atoms. The number of amides is 1. The number of hydrogen-bond donors (Lipinski definition) is 1. The van der Waals surface area contributed by atoms with Crippen LogP contribution in [0.15, 0.2) is 0 Å². The largest absolute Gasteiger partial charge is 0.273 e. The highest BCUT2D eigenvalue weighted by atomic mass is 16.2. The van der Waals surface area contributed by atoms with Crippen LogP contribution < -0.4 is 5.43 Å². The number of rotatable bonds is 2. The Morgan fingerprint density at radius 2 is 2.33 bits per heavy atom. The van der Waals surface area contributed by atoms with Crippen molar-refractivity contribution in [2.24, 2.45) is 0 Å². The Morgan fingerprint density at radius 1 is 1.60 bits per heavy atom. The minimum atomic E-state index is -0.111. The summed E-state index contributed by atoms with van der Waals surface area (Å²) < 4.78 is 0. The lowest BCUT2D eigenvalue weighted by molar-refractivity contribution is -0.137. The van der Waals surface area contributed by atoms with Crippen molar-refractivity contribution < 1.29 is 4.79 Å². The highest BCUT2D eigenvalue weighted by Crippen LogP contribution is 2.22. The summed E-state index contributed by atoms with van der Waals surface area (Å²) in [4.78, 5) is 11.7. The minimum absolute atomic E-state index is 0.0461. The second-order valence-electron chi connectivity index (χ2n) is 4.11. The average Bonchev–Trinajstić information content (AvgIpc) is 2.52. The Hall–Kier alpha value is -1.52. The van der Waals surface area contributed by atoms with Crippen molar-refractivity contribution in [1.29, 1.82) is 5.26 Å². The molecular weight excluding hydrogens is 190 g/mol. The smallest absolute Gasteiger partial charge is 0.238 e. The first-order valence-corrected chi connectivity index (χ1v) is 5.01. The lowest BCUT2D eigenvalue weighted by atomic mass is 10.0. The van der Waals surface area contributed by atoms with Crippen LogP contribution >= 0.6 is 0 Å². The van der Waals surface area contributed by atoms with E-state index in [1.165, 1.54) is 0 Å². The molecule has 0 aromatic heterocycles. The van der Waals surface area contributed by atoms with Crippen molar-refractivity contribution in [2.45, 2.75) is 38.6 Å². The van der Waals surface area contributed by atoms with Gasteiger partial charge in [0.25, 0.3) is 0 Å². The van der Waals surface area contributed by atoms with Crippen LogP contribution in [-0.4, -0.2) is 23.0 Å². The van der Waals surface area contributed by atoms with Crippen molar-refractivity contribution in [2.75, 3.05) is 6.54 Å². The van der Waals surface area contributed by atoms with Crippen LogP contribution in [0.5, 0.6) is 0 Å². The van der Waals surface area contributed by atoms with Gasteiger partial charge in [-0.15, -0.1) is 0 Å². The van der Waals surface area contributed by atoms with Crippen molar-refractivity contribution in [3.05, 3.63) is 0 Å². The molecule has 1 aliphatic heterocycles. The molecule has 0 radical (unpaired) electrons. The molecule has 0 saturated carbocycles. The molecule has 15 heavy (non-hydrogen) atoms. The lowest BCUT2D eigenvalue weighted by Gasteiger charge is -2.30. The molecule has 0 unspecified atom stereocenters. The van der Waals surface area contributed by atoms with E-state index >= 15 is 0 Å². The van der Waals surface area contributed by atoms with Gasteiger partial charge in [0.1, 0.15) is 0 Å². The van der Waals surface area contributed by atoms with E-state index < -0.39 is 0 Å². The number of hydrazine groups is 1. The maximum Gasteiger partial charge on any atom is 0.238 e. The molecule has 1 N–H and O–H groups in total. The van der Waals surface area contributed by atoms with E-state index in [-0.39, 0.29) is 11.4 Å². The Kier molecular flexibility index (Phi) is 3.71. The molecule has 0 aromatic rings. The molecule has 1 rings (SSSR count). The van der Waals surface area contributed by atoms with Crippen molar-refractivity contribution in [3.63, 3.8) is 0 Å². The summed E-state index contributed by atoms with van der Waals surface area (Å²) in [7, 11) is 0. The Bertz CT molecular complexity index is 343. The average molecular weight is 205 g/mol. The zero-order chi connectivity index (χ0) is 11.3. The van der Waals surface area contributed by atoms with Gasteiger partial charge in [-0.1, -0.05) is 5.92 Å². The Morgan fingerprint density at radius 3 is 2.87 bits per heavy atom. The third-order valence-corrected chi connectivity index (χ3v) is 2.47. The maximum absolute atomic E-state index is 11.7. The molecule has 1 aliphatic rings. The van der Waals surface area contributed by atoms with E-state index in [4.69, 9.17) is 5.26 Å². The quantitative estimate of drug-likeness (QED) is 0.679. The molecular formula is C11H15N3O. The monoisotopic (exact) mass is 205 g/mol. The normalized spacial score (nSPS) is 17.8. The second kappa shape index (κ2) is 4.82. The standard InChI is InChI=1S/C11H15N3O/c1-11(2)7-9-13-14(11)10(15)6-4-3-5-8-12/h13H,4,6-7,9H2,1-2H3. The molecule has 0 aromatic carbocycles. The number of carbonyl (C=O) groups excluding carboxylic acids is 1. The first-order valence-electron chi connectivity index (χ1n) is 5.01. The molecule has 80 valence electrons. The van der Waals surface area contributed by atoms with E-state index in [0.29, 0.717) is 12.8 Å². The van der Waals surface area contributed by atoms with Gasteiger partial charge in [0, 0.05) is 25.3 Å². The topological polar surface area (TPSA) is 56.1 Å². The summed E-state index contributed by atoms with van der Waals surface area (Å²) in [5.41, 5.74) is 2.95. The molecule has 4 nitrogen and oxygen atoms in total. The van der Waals surface area contributed by atoms with Crippen LogP contribution in [0.3, 0.4) is 0 Å². The molecule has 1 amide bonds. The van der Waals surface area contributed by atoms with Gasteiger partial charge in [-0.05, 0) is 20.3 Å². The third kappa shape index (κ3) is 2.97. The van der Waals surface area contributed by atoms with E-state index in [1.54, 1.807) is 11.1 Å². The number of carbonyl (C=O) groups is 1. The van der Waals surface area contributed by atoms with Gasteiger partial charge in [0.15, 0.2) is 6.07 Å². The fraction of sp³-hybridized carbons (Fsp3) is 0.636. The van der Waals surface area contributed by atoms with E-state index in [1.807, 2.05) is 13.8 Å². The van der Waals surface area contributed by atoms with E-state index in [9.17, 15) is 4.79 Å². The molecule has 1 heterocycles. The number of nitriles is 1. The summed E-state index contributed by atoms with van der Waals surface area (Å²) in [6, 6.07) is 1.73. The fourth-order valence-electron chi connectivity index (χ4n) is 1.61. The van der Waals surface area contributed by atoms with Crippen LogP contribution in [0.25, 0.3) is 0 Å². The van der Waals surface area contributed by atoms with Gasteiger partial charge in [-0.3, -0.25) is 9.80 Å². The zero-order valence-corrected chi connectivity index (χ0v) is 9.13. The highest BCUT2D eigenvalue weighted by Gasteiger charge is 2.34.